The van der Waals surface area contributed by atoms with Crippen LogP contribution in [0.5, 0.6) is 0 Å². The summed E-state index contributed by atoms with van der Waals surface area (Å²) in [6.07, 6.45) is 3.66. The number of hydrogen-bond acceptors (Lipinski definition) is 3. The predicted octanol–water partition coefficient (Wildman–Crippen LogP) is 1.25. The maximum Gasteiger partial charge on any atom is 0.307 e. The van der Waals surface area contributed by atoms with Crippen molar-refractivity contribution in [1.82, 2.24) is 5.32 Å². The zero-order chi connectivity index (χ0) is 11.3. The van der Waals surface area contributed by atoms with Crippen LogP contribution in [-0.2, 0) is 9.53 Å². The predicted molar refractivity (Wildman–Crippen MR) is 57.9 cm³/mol. The minimum absolute atomic E-state index is 0.0175. The van der Waals surface area contributed by atoms with Crippen molar-refractivity contribution in [2.75, 3.05) is 13.2 Å². The van der Waals surface area contributed by atoms with E-state index in [1.54, 1.807) is 6.92 Å². The normalized spacial score (nSPS) is 25.1. The lowest BCUT2D eigenvalue weighted by molar-refractivity contribution is -0.141. The first-order valence-electron chi connectivity index (χ1n) is 5.69. The monoisotopic (exact) mass is 215 g/mol. The minimum atomic E-state index is -0.743. The Balaban J connectivity index is 2.10. The largest absolute Gasteiger partial charge is 0.481 e. The van der Waals surface area contributed by atoms with Crippen LogP contribution in [0, 0.1) is 5.92 Å². The summed E-state index contributed by atoms with van der Waals surface area (Å²) >= 11 is 0. The van der Waals surface area contributed by atoms with E-state index < -0.39 is 5.97 Å². The summed E-state index contributed by atoms with van der Waals surface area (Å²) in [4.78, 5) is 10.7. The summed E-state index contributed by atoms with van der Waals surface area (Å²) in [5.74, 6) is -1.08. The molecule has 0 saturated carbocycles. The summed E-state index contributed by atoms with van der Waals surface area (Å²) in [7, 11) is 0. The Labute approximate surface area is 91.0 Å². The van der Waals surface area contributed by atoms with E-state index in [2.05, 4.69) is 5.32 Å². The minimum Gasteiger partial charge on any atom is -0.481 e. The van der Waals surface area contributed by atoms with Crippen LogP contribution in [0.25, 0.3) is 0 Å². The second-order valence-electron chi connectivity index (χ2n) is 4.29. The molecular weight excluding hydrogens is 194 g/mol. The molecule has 0 amide bonds. The fourth-order valence-electron chi connectivity index (χ4n) is 1.73. The third-order valence-corrected chi connectivity index (χ3v) is 3.10. The maximum atomic E-state index is 10.7. The highest BCUT2D eigenvalue weighted by molar-refractivity contribution is 5.70. The SMILES string of the molecule is CC(NCCC1CCCO1)C(C)C(=O)O. The Morgan fingerprint density at radius 2 is 2.33 bits per heavy atom. The molecule has 0 aliphatic carbocycles. The van der Waals surface area contributed by atoms with Crippen LogP contribution in [0.4, 0.5) is 0 Å². The number of hydrogen-bond donors (Lipinski definition) is 2. The van der Waals surface area contributed by atoms with Gasteiger partial charge in [0.15, 0.2) is 0 Å². The Hall–Kier alpha value is -0.610. The quantitative estimate of drug-likeness (QED) is 0.700. The zero-order valence-corrected chi connectivity index (χ0v) is 9.53. The number of ether oxygens (including phenoxy) is 1. The topological polar surface area (TPSA) is 58.6 Å². The van der Waals surface area contributed by atoms with Crippen molar-refractivity contribution in [1.29, 1.82) is 0 Å². The van der Waals surface area contributed by atoms with Crippen LogP contribution in [0.15, 0.2) is 0 Å². The molecule has 3 unspecified atom stereocenters. The van der Waals surface area contributed by atoms with Gasteiger partial charge in [-0.15, -0.1) is 0 Å². The number of aliphatic carboxylic acids is 1. The van der Waals surface area contributed by atoms with Gasteiger partial charge < -0.3 is 15.2 Å². The molecule has 1 aliphatic rings. The standard InChI is InChI=1S/C11H21NO3/c1-8(11(13)14)9(2)12-6-5-10-4-3-7-15-10/h8-10,12H,3-7H2,1-2H3,(H,13,14). The van der Waals surface area contributed by atoms with Crippen molar-refractivity contribution in [3.63, 3.8) is 0 Å². The summed E-state index contributed by atoms with van der Waals surface area (Å²) < 4.78 is 5.49. The molecule has 0 aromatic rings. The molecule has 1 saturated heterocycles. The highest BCUT2D eigenvalue weighted by Crippen LogP contribution is 2.14. The molecular formula is C11H21NO3. The number of carboxylic acid groups (broad SMARTS) is 1. The molecule has 3 atom stereocenters. The number of nitrogens with one attached hydrogen (secondary N) is 1. The van der Waals surface area contributed by atoms with E-state index in [1.165, 1.54) is 0 Å². The molecule has 1 fully saturated rings. The van der Waals surface area contributed by atoms with Crippen molar-refractivity contribution < 1.29 is 14.6 Å². The second-order valence-corrected chi connectivity index (χ2v) is 4.29. The van der Waals surface area contributed by atoms with Crippen molar-refractivity contribution in [3.05, 3.63) is 0 Å². The molecule has 1 heterocycles. The molecule has 0 spiro atoms. The Kier molecular flexibility index (Phi) is 5.05. The molecule has 1 rings (SSSR count). The fraction of sp³-hybridized carbons (Fsp3) is 0.909. The van der Waals surface area contributed by atoms with Gasteiger partial charge in [-0.1, -0.05) is 6.92 Å². The van der Waals surface area contributed by atoms with Crippen LogP contribution in [0.3, 0.4) is 0 Å². The van der Waals surface area contributed by atoms with Crippen LogP contribution < -0.4 is 5.32 Å². The molecule has 0 aromatic carbocycles. The Morgan fingerprint density at radius 1 is 1.60 bits per heavy atom. The van der Waals surface area contributed by atoms with Crippen LogP contribution >= 0.6 is 0 Å². The van der Waals surface area contributed by atoms with E-state index in [1.807, 2.05) is 6.92 Å². The molecule has 88 valence electrons. The summed E-state index contributed by atoms with van der Waals surface area (Å²) in [5, 5.41) is 12.0. The zero-order valence-electron chi connectivity index (χ0n) is 9.53. The van der Waals surface area contributed by atoms with Gasteiger partial charge in [0, 0.05) is 12.6 Å². The third kappa shape index (κ3) is 4.18. The van der Waals surface area contributed by atoms with E-state index in [-0.39, 0.29) is 12.0 Å². The molecule has 15 heavy (non-hydrogen) atoms. The van der Waals surface area contributed by atoms with Crippen molar-refractivity contribution in [3.8, 4) is 0 Å². The summed E-state index contributed by atoms with van der Waals surface area (Å²) in [6, 6.07) is 0.0175. The lowest BCUT2D eigenvalue weighted by atomic mass is 10.0. The summed E-state index contributed by atoms with van der Waals surface area (Å²) in [6.45, 7) is 5.36. The molecule has 4 nitrogen and oxygen atoms in total. The summed E-state index contributed by atoms with van der Waals surface area (Å²) in [5.41, 5.74) is 0. The second kappa shape index (κ2) is 6.08. The van der Waals surface area contributed by atoms with Crippen molar-refractivity contribution >= 4 is 5.97 Å². The Bertz CT molecular complexity index is 202. The first kappa shape index (κ1) is 12.5. The van der Waals surface area contributed by atoms with Gasteiger partial charge in [0.1, 0.15) is 0 Å². The van der Waals surface area contributed by atoms with Gasteiger partial charge >= 0.3 is 5.97 Å². The van der Waals surface area contributed by atoms with Crippen molar-refractivity contribution in [2.45, 2.75) is 45.3 Å². The smallest absolute Gasteiger partial charge is 0.307 e. The Morgan fingerprint density at radius 3 is 2.87 bits per heavy atom. The highest BCUT2D eigenvalue weighted by atomic mass is 16.5. The molecule has 1 aliphatic heterocycles. The highest BCUT2D eigenvalue weighted by Gasteiger charge is 2.20. The van der Waals surface area contributed by atoms with Crippen LogP contribution in [0.2, 0.25) is 0 Å². The molecule has 4 heteroatoms. The molecule has 0 aromatic heterocycles. The first-order chi connectivity index (χ1) is 7.11. The lowest BCUT2D eigenvalue weighted by Gasteiger charge is -2.18. The van der Waals surface area contributed by atoms with Gasteiger partial charge in [-0.3, -0.25) is 4.79 Å². The third-order valence-electron chi connectivity index (χ3n) is 3.10. The van der Waals surface area contributed by atoms with E-state index in [0.29, 0.717) is 6.10 Å². The van der Waals surface area contributed by atoms with Gasteiger partial charge in [-0.2, -0.15) is 0 Å². The lowest BCUT2D eigenvalue weighted by Crippen LogP contribution is -2.37. The average Bonchev–Trinajstić information content (AvgIpc) is 2.69. The van der Waals surface area contributed by atoms with E-state index in [4.69, 9.17) is 9.84 Å². The van der Waals surface area contributed by atoms with Gasteiger partial charge in [-0.05, 0) is 32.7 Å². The first-order valence-corrected chi connectivity index (χ1v) is 5.69. The van der Waals surface area contributed by atoms with Gasteiger partial charge in [0.2, 0.25) is 0 Å². The fourth-order valence-corrected chi connectivity index (χ4v) is 1.73. The maximum absolute atomic E-state index is 10.7. The van der Waals surface area contributed by atoms with E-state index in [0.717, 1.165) is 32.4 Å². The van der Waals surface area contributed by atoms with Crippen LogP contribution in [0.1, 0.15) is 33.1 Å². The number of carboxylic acids is 1. The van der Waals surface area contributed by atoms with E-state index in [9.17, 15) is 4.79 Å². The average molecular weight is 215 g/mol. The number of rotatable bonds is 6. The molecule has 0 bridgehead atoms. The van der Waals surface area contributed by atoms with Gasteiger partial charge in [-0.25, -0.2) is 0 Å². The van der Waals surface area contributed by atoms with Gasteiger partial charge in [0.05, 0.1) is 12.0 Å². The molecule has 2 N–H and O–H groups in total. The van der Waals surface area contributed by atoms with E-state index >= 15 is 0 Å². The van der Waals surface area contributed by atoms with Crippen LogP contribution in [-0.4, -0.2) is 36.4 Å². The van der Waals surface area contributed by atoms with Gasteiger partial charge in [0.25, 0.3) is 0 Å². The van der Waals surface area contributed by atoms with Crippen molar-refractivity contribution in [2.24, 2.45) is 5.92 Å². The number of carbonyl (C=O) groups is 1. The molecule has 0 radical (unpaired) electrons.